The van der Waals surface area contributed by atoms with Gasteiger partial charge in [0.15, 0.2) is 0 Å². The number of likely N-dealkylation sites (tertiary alicyclic amines) is 1. The fourth-order valence-corrected chi connectivity index (χ4v) is 2.78. The van der Waals surface area contributed by atoms with Crippen LogP contribution < -0.4 is 4.90 Å². The Morgan fingerprint density at radius 1 is 1.41 bits per heavy atom. The van der Waals surface area contributed by atoms with Crippen LogP contribution >= 0.6 is 0 Å². The van der Waals surface area contributed by atoms with Gasteiger partial charge in [-0.2, -0.15) is 0 Å². The highest BCUT2D eigenvalue weighted by Crippen LogP contribution is 2.36. The molecular formula is C14H23N3. The predicted octanol–water partition coefficient (Wildman–Crippen LogP) is 2.69. The van der Waals surface area contributed by atoms with Gasteiger partial charge in [-0.25, -0.2) is 4.98 Å². The summed E-state index contributed by atoms with van der Waals surface area (Å²) in [5, 5.41) is 0. The van der Waals surface area contributed by atoms with Crippen LogP contribution in [0.4, 0.5) is 5.82 Å². The quantitative estimate of drug-likeness (QED) is 0.800. The normalized spacial score (nSPS) is 21.1. The van der Waals surface area contributed by atoms with E-state index in [0.717, 1.165) is 5.82 Å². The van der Waals surface area contributed by atoms with E-state index < -0.39 is 0 Å². The van der Waals surface area contributed by atoms with E-state index in [1.54, 1.807) is 0 Å². The molecule has 3 heteroatoms. The second-order valence-electron chi connectivity index (χ2n) is 5.30. The maximum absolute atomic E-state index is 4.52. The molecule has 1 aromatic heterocycles. The third kappa shape index (κ3) is 2.44. The molecule has 0 bridgehead atoms. The maximum atomic E-state index is 4.52. The SMILES string of the molecule is CC(C)N1CCC[C@H]1c1cccnc1N(C)C. The Kier molecular flexibility index (Phi) is 3.67. The Hall–Kier alpha value is -1.09. The zero-order valence-electron chi connectivity index (χ0n) is 11.3. The molecule has 0 aromatic carbocycles. The number of nitrogens with zero attached hydrogens (tertiary/aromatic N) is 3. The Balaban J connectivity index is 2.33. The highest BCUT2D eigenvalue weighted by molar-refractivity contribution is 5.47. The summed E-state index contributed by atoms with van der Waals surface area (Å²) in [6.07, 6.45) is 4.43. The van der Waals surface area contributed by atoms with Crippen molar-refractivity contribution in [2.75, 3.05) is 25.5 Å². The predicted molar refractivity (Wildman–Crippen MR) is 72.4 cm³/mol. The first-order chi connectivity index (χ1) is 8.11. The lowest BCUT2D eigenvalue weighted by molar-refractivity contribution is 0.205. The summed E-state index contributed by atoms with van der Waals surface area (Å²) in [5.41, 5.74) is 1.38. The van der Waals surface area contributed by atoms with Crippen LogP contribution in [0.2, 0.25) is 0 Å². The minimum absolute atomic E-state index is 0.543. The molecule has 2 rings (SSSR count). The van der Waals surface area contributed by atoms with Crippen LogP contribution in [0.15, 0.2) is 18.3 Å². The van der Waals surface area contributed by atoms with Crippen molar-refractivity contribution in [1.82, 2.24) is 9.88 Å². The van der Waals surface area contributed by atoms with E-state index in [2.05, 4.69) is 54.9 Å². The van der Waals surface area contributed by atoms with E-state index in [9.17, 15) is 0 Å². The third-order valence-corrected chi connectivity index (χ3v) is 3.56. The van der Waals surface area contributed by atoms with Gasteiger partial charge in [-0.1, -0.05) is 6.07 Å². The number of hydrogen-bond donors (Lipinski definition) is 0. The van der Waals surface area contributed by atoms with Gasteiger partial charge in [-0.3, -0.25) is 4.90 Å². The molecular weight excluding hydrogens is 210 g/mol. The average Bonchev–Trinajstić information content (AvgIpc) is 2.77. The molecule has 1 saturated heterocycles. The molecule has 0 saturated carbocycles. The molecule has 0 radical (unpaired) electrons. The molecule has 0 N–H and O–H groups in total. The number of pyridine rings is 1. The van der Waals surface area contributed by atoms with Gasteiger partial charge < -0.3 is 4.90 Å². The first kappa shape index (κ1) is 12.4. The molecule has 1 atom stereocenters. The van der Waals surface area contributed by atoms with Gasteiger partial charge in [0.2, 0.25) is 0 Å². The minimum Gasteiger partial charge on any atom is -0.362 e. The van der Waals surface area contributed by atoms with Gasteiger partial charge in [0, 0.05) is 37.9 Å². The average molecular weight is 233 g/mol. The molecule has 17 heavy (non-hydrogen) atoms. The summed E-state index contributed by atoms with van der Waals surface area (Å²) in [6, 6.07) is 5.44. The molecule has 1 fully saturated rings. The van der Waals surface area contributed by atoms with Crippen molar-refractivity contribution in [1.29, 1.82) is 0 Å². The lowest BCUT2D eigenvalue weighted by Gasteiger charge is -2.30. The second-order valence-corrected chi connectivity index (χ2v) is 5.30. The fraction of sp³-hybridized carbons (Fsp3) is 0.643. The van der Waals surface area contributed by atoms with Crippen LogP contribution in [0.25, 0.3) is 0 Å². The minimum atomic E-state index is 0.543. The molecule has 94 valence electrons. The van der Waals surface area contributed by atoms with Crippen LogP contribution in [0.3, 0.4) is 0 Å². The van der Waals surface area contributed by atoms with Crippen LogP contribution in [0.5, 0.6) is 0 Å². The van der Waals surface area contributed by atoms with Crippen molar-refractivity contribution in [2.45, 2.75) is 38.8 Å². The summed E-state index contributed by atoms with van der Waals surface area (Å²) >= 11 is 0. The van der Waals surface area contributed by atoms with Crippen molar-refractivity contribution in [3.63, 3.8) is 0 Å². The number of hydrogen-bond acceptors (Lipinski definition) is 3. The number of anilines is 1. The molecule has 0 unspecified atom stereocenters. The fourth-order valence-electron chi connectivity index (χ4n) is 2.78. The van der Waals surface area contributed by atoms with Gasteiger partial charge in [-0.15, -0.1) is 0 Å². The first-order valence-electron chi connectivity index (χ1n) is 6.49. The monoisotopic (exact) mass is 233 g/mol. The topological polar surface area (TPSA) is 19.4 Å². The summed E-state index contributed by atoms with van der Waals surface area (Å²) in [6.45, 7) is 5.78. The lowest BCUT2D eigenvalue weighted by atomic mass is 10.0. The van der Waals surface area contributed by atoms with Crippen molar-refractivity contribution in [3.05, 3.63) is 23.9 Å². The smallest absolute Gasteiger partial charge is 0.132 e. The van der Waals surface area contributed by atoms with Gasteiger partial charge in [-0.05, 0) is 39.3 Å². The summed E-state index contributed by atoms with van der Waals surface area (Å²) in [5.74, 6) is 1.12. The molecule has 0 amide bonds. The highest BCUT2D eigenvalue weighted by Gasteiger charge is 2.30. The van der Waals surface area contributed by atoms with Crippen LogP contribution in [0, 0.1) is 0 Å². The van der Waals surface area contributed by atoms with E-state index in [-0.39, 0.29) is 0 Å². The van der Waals surface area contributed by atoms with Crippen LogP contribution in [-0.2, 0) is 0 Å². The van der Waals surface area contributed by atoms with Gasteiger partial charge >= 0.3 is 0 Å². The van der Waals surface area contributed by atoms with Crippen molar-refractivity contribution < 1.29 is 0 Å². The number of rotatable bonds is 3. The first-order valence-corrected chi connectivity index (χ1v) is 6.49. The zero-order chi connectivity index (χ0) is 12.4. The van der Waals surface area contributed by atoms with E-state index in [1.165, 1.54) is 24.9 Å². The molecule has 1 aliphatic rings. The molecule has 1 aliphatic heterocycles. The zero-order valence-corrected chi connectivity index (χ0v) is 11.3. The number of aromatic nitrogens is 1. The van der Waals surface area contributed by atoms with Crippen LogP contribution in [0.1, 0.15) is 38.3 Å². The Labute approximate surface area is 104 Å². The Morgan fingerprint density at radius 3 is 2.82 bits per heavy atom. The largest absolute Gasteiger partial charge is 0.362 e. The summed E-state index contributed by atoms with van der Waals surface area (Å²) in [7, 11) is 4.14. The van der Waals surface area contributed by atoms with E-state index in [4.69, 9.17) is 0 Å². The van der Waals surface area contributed by atoms with Gasteiger partial charge in [0.25, 0.3) is 0 Å². The molecule has 0 aliphatic carbocycles. The Bertz CT molecular complexity index is 373. The van der Waals surface area contributed by atoms with E-state index in [0.29, 0.717) is 12.1 Å². The van der Waals surface area contributed by atoms with Crippen molar-refractivity contribution >= 4 is 5.82 Å². The summed E-state index contributed by atoms with van der Waals surface area (Å²) in [4.78, 5) is 9.22. The molecule has 3 nitrogen and oxygen atoms in total. The van der Waals surface area contributed by atoms with Crippen molar-refractivity contribution in [2.24, 2.45) is 0 Å². The van der Waals surface area contributed by atoms with Crippen LogP contribution in [-0.4, -0.2) is 36.6 Å². The Morgan fingerprint density at radius 2 is 2.18 bits per heavy atom. The lowest BCUT2D eigenvalue weighted by Crippen LogP contribution is -2.31. The second kappa shape index (κ2) is 5.05. The molecule has 2 heterocycles. The third-order valence-electron chi connectivity index (χ3n) is 3.56. The molecule has 0 spiro atoms. The highest BCUT2D eigenvalue weighted by atomic mass is 15.2. The van der Waals surface area contributed by atoms with Gasteiger partial charge in [0.05, 0.1) is 0 Å². The van der Waals surface area contributed by atoms with E-state index in [1.807, 2.05) is 6.20 Å². The van der Waals surface area contributed by atoms with Gasteiger partial charge in [0.1, 0.15) is 5.82 Å². The van der Waals surface area contributed by atoms with E-state index >= 15 is 0 Å². The molecule has 1 aromatic rings. The summed E-state index contributed by atoms with van der Waals surface area (Å²) < 4.78 is 0. The standard InChI is InChI=1S/C14H23N3/c1-11(2)17-10-6-8-13(17)12-7-5-9-15-14(12)16(3)4/h5,7,9,11,13H,6,8,10H2,1-4H3/t13-/m0/s1. The van der Waals surface area contributed by atoms with Crippen molar-refractivity contribution in [3.8, 4) is 0 Å². The maximum Gasteiger partial charge on any atom is 0.132 e.